The molecule has 1 fully saturated rings. The molecule has 0 bridgehead atoms. The maximum atomic E-state index is 10.3. The molecule has 0 unspecified atom stereocenters. The van der Waals surface area contributed by atoms with Crippen molar-refractivity contribution in [1.29, 1.82) is 0 Å². The second kappa shape index (κ2) is 8.65. The van der Waals surface area contributed by atoms with Crippen LogP contribution in [-0.2, 0) is 9.47 Å². The second-order valence-electron chi connectivity index (χ2n) is 8.22. The molecule has 0 aromatic rings. The highest BCUT2D eigenvalue weighted by molar-refractivity contribution is 5.24. The van der Waals surface area contributed by atoms with Gasteiger partial charge >= 0.3 is 0 Å². The molecule has 1 heterocycles. The average Bonchev–Trinajstić information content (AvgIpc) is 2.58. The topological polar surface area (TPSA) is 120 Å². The van der Waals surface area contributed by atoms with Gasteiger partial charge in [0.1, 0.15) is 24.4 Å². The van der Waals surface area contributed by atoms with E-state index in [1.54, 1.807) is 0 Å². The highest BCUT2D eigenvalue weighted by atomic mass is 16.7. The highest BCUT2D eigenvalue weighted by Crippen LogP contribution is 2.42. The van der Waals surface area contributed by atoms with Crippen LogP contribution in [0.3, 0.4) is 0 Å². The summed E-state index contributed by atoms with van der Waals surface area (Å²) >= 11 is 0. The van der Waals surface area contributed by atoms with E-state index in [0.29, 0.717) is 6.42 Å². The maximum absolute atomic E-state index is 10.3. The zero-order valence-corrected chi connectivity index (χ0v) is 16.1. The van der Waals surface area contributed by atoms with Crippen LogP contribution in [0.15, 0.2) is 11.1 Å². The predicted octanol–water partition coefficient (Wildman–Crippen LogP) is 0.469. The summed E-state index contributed by atoms with van der Waals surface area (Å²) in [6, 6.07) is 0. The summed E-state index contributed by atoms with van der Waals surface area (Å²) in [5.41, 5.74) is 2.27. The second-order valence-corrected chi connectivity index (χ2v) is 8.22. The third-order valence-corrected chi connectivity index (χ3v) is 5.93. The number of allylic oxidation sites excluding steroid dienone is 1. The van der Waals surface area contributed by atoms with Gasteiger partial charge in [0.2, 0.25) is 0 Å². The van der Waals surface area contributed by atoms with Crippen molar-refractivity contribution in [1.82, 2.24) is 0 Å². The molecule has 0 amide bonds. The molecular weight excluding hydrogens is 340 g/mol. The Morgan fingerprint density at radius 1 is 1.15 bits per heavy atom. The molecule has 0 spiro atoms. The first-order chi connectivity index (χ1) is 12.1. The molecule has 0 saturated carbocycles. The van der Waals surface area contributed by atoms with Gasteiger partial charge < -0.3 is 35.0 Å². The van der Waals surface area contributed by atoms with Crippen LogP contribution in [0.25, 0.3) is 0 Å². The first-order valence-corrected chi connectivity index (χ1v) is 9.42. The molecule has 1 aliphatic heterocycles. The Labute approximate surface area is 155 Å². The first-order valence-electron chi connectivity index (χ1n) is 9.42. The van der Waals surface area contributed by atoms with Crippen molar-refractivity contribution in [2.45, 2.75) is 96.3 Å². The zero-order valence-electron chi connectivity index (χ0n) is 16.1. The summed E-state index contributed by atoms with van der Waals surface area (Å²) < 4.78 is 11.1. The van der Waals surface area contributed by atoms with E-state index in [1.165, 1.54) is 11.1 Å². The van der Waals surface area contributed by atoms with Gasteiger partial charge in [0.05, 0.1) is 18.8 Å². The van der Waals surface area contributed by atoms with Gasteiger partial charge in [-0.3, -0.25) is 0 Å². The average molecular weight is 374 g/mol. The number of hydrogen-bond donors (Lipinski definition) is 5. The summed E-state index contributed by atoms with van der Waals surface area (Å²) in [5, 5.41) is 49.3. The Morgan fingerprint density at radius 3 is 2.42 bits per heavy atom. The summed E-state index contributed by atoms with van der Waals surface area (Å²) in [5.74, 6) is 0. The van der Waals surface area contributed by atoms with Gasteiger partial charge in [-0.1, -0.05) is 25.0 Å². The smallest absolute Gasteiger partial charge is 0.186 e. The lowest BCUT2D eigenvalue weighted by Crippen LogP contribution is -2.59. The summed E-state index contributed by atoms with van der Waals surface area (Å²) in [7, 11) is 0. The third-order valence-electron chi connectivity index (χ3n) is 5.93. The Hall–Kier alpha value is -0.540. The normalized spacial score (nSPS) is 39.1. The zero-order chi connectivity index (χ0) is 19.6. The number of hydrogen-bond acceptors (Lipinski definition) is 7. The minimum absolute atomic E-state index is 0.272. The fraction of sp³-hybridized carbons (Fsp3) is 0.895. The Balaban J connectivity index is 1.95. The molecule has 0 radical (unpaired) electrons. The fourth-order valence-electron chi connectivity index (χ4n) is 3.98. The lowest BCUT2D eigenvalue weighted by atomic mass is 9.69. The largest absolute Gasteiger partial charge is 0.394 e. The molecule has 0 aromatic carbocycles. The first kappa shape index (κ1) is 21.8. The number of aliphatic hydroxyl groups is 5. The SMILES string of the molecule is CC1=C(CC[C@@H](C)O[C@@H]2O[C@H](CO)[C@H](O)[C@H](O)[C@H]2O)C(C)(C)[C@H](O)CC1. The van der Waals surface area contributed by atoms with Crippen molar-refractivity contribution in [3.05, 3.63) is 11.1 Å². The van der Waals surface area contributed by atoms with E-state index in [-0.39, 0.29) is 17.6 Å². The Morgan fingerprint density at radius 2 is 1.81 bits per heavy atom. The third kappa shape index (κ3) is 4.47. The molecule has 1 saturated heterocycles. The molecular formula is C19H34O7. The van der Waals surface area contributed by atoms with Gasteiger partial charge in [-0.15, -0.1) is 0 Å². The quantitative estimate of drug-likeness (QED) is 0.429. The molecule has 2 aliphatic rings. The molecule has 2 rings (SSSR count). The lowest BCUT2D eigenvalue weighted by Gasteiger charge is -2.41. The molecule has 5 N–H and O–H groups in total. The van der Waals surface area contributed by atoms with Crippen molar-refractivity contribution in [2.75, 3.05) is 6.61 Å². The van der Waals surface area contributed by atoms with Gasteiger partial charge in [0.25, 0.3) is 0 Å². The Kier molecular flexibility index (Phi) is 7.23. The van der Waals surface area contributed by atoms with E-state index in [1.807, 2.05) is 6.92 Å². The van der Waals surface area contributed by atoms with Crippen LogP contribution in [0, 0.1) is 5.41 Å². The van der Waals surface area contributed by atoms with E-state index in [9.17, 15) is 25.5 Å². The molecule has 152 valence electrons. The molecule has 1 aliphatic carbocycles. The van der Waals surface area contributed by atoms with Crippen LogP contribution in [-0.4, -0.2) is 75.1 Å². The van der Waals surface area contributed by atoms with E-state index in [4.69, 9.17) is 9.47 Å². The van der Waals surface area contributed by atoms with Crippen LogP contribution < -0.4 is 0 Å². The molecule has 7 atom stereocenters. The van der Waals surface area contributed by atoms with E-state index in [2.05, 4.69) is 20.8 Å². The molecule has 26 heavy (non-hydrogen) atoms. The van der Waals surface area contributed by atoms with Gasteiger partial charge in [0, 0.05) is 5.41 Å². The van der Waals surface area contributed by atoms with Crippen LogP contribution in [0.5, 0.6) is 0 Å². The van der Waals surface area contributed by atoms with E-state index in [0.717, 1.165) is 19.3 Å². The van der Waals surface area contributed by atoms with Gasteiger partial charge in [0.15, 0.2) is 6.29 Å². The summed E-state index contributed by atoms with van der Waals surface area (Å²) in [6.07, 6.45) is -3.83. The van der Waals surface area contributed by atoms with Crippen molar-refractivity contribution in [3.8, 4) is 0 Å². The van der Waals surface area contributed by atoms with Gasteiger partial charge in [-0.25, -0.2) is 0 Å². The van der Waals surface area contributed by atoms with Crippen molar-refractivity contribution in [3.63, 3.8) is 0 Å². The minimum atomic E-state index is -1.43. The fourth-order valence-corrected chi connectivity index (χ4v) is 3.98. The van der Waals surface area contributed by atoms with Crippen molar-refractivity contribution < 1.29 is 35.0 Å². The van der Waals surface area contributed by atoms with E-state index < -0.39 is 37.3 Å². The van der Waals surface area contributed by atoms with E-state index >= 15 is 0 Å². The van der Waals surface area contributed by atoms with Crippen molar-refractivity contribution in [2.24, 2.45) is 5.41 Å². The monoisotopic (exact) mass is 374 g/mol. The molecule has 7 heteroatoms. The number of rotatable bonds is 6. The molecule has 0 aromatic heterocycles. The van der Waals surface area contributed by atoms with Crippen LogP contribution >= 0.6 is 0 Å². The number of aliphatic hydroxyl groups excluding tert-OH is 5. The highest BCUT2D eigenvalue weighted by Gasteiger charge is 2.44. The minimum Gasteiger partial charge on any atom is -0.394 e. The predicted molar refractivity (Wildman–Crippen MR) is 95.3 cm³/mol. The van der Waals surface area contributed by atoms with Crippen LogP contribution in [0.4, 0.5) is 0 Å². The lowest BCUT2D eigenvalue weighted by molar-refractivity contribution is -0.310. The van der Waals surface area contributed by atoms with Crippen molar-refractivity contribution >= 4 is 0 Å². The van der Waals surface area contributed by atoms with Gasteiger partial charge in [-0.05, 0) is 39.5 Å². The number of ether oxygens (including phenoxy) is 2. The van der Waals surface area contributed by atoms with Crippen LogP contribution in [0.1, 0.15) is 53.4 Å². The standard InChI is InChI=1S/C19H34O7/c1-10-5-8-14(21)19(3,4)12(10)7-6-11(2)25-18-17(24)16(23)15(22)13(9-20)26-18/h11,13-18,20-24H,5-9H2,1-4H3/t11-,13-,14-,15+,16+,17-,18-/m1/s1. The Bertz CT molecular complexity index is 502. The summed E-state index contributed by atoms with van der Waals surface area (Å²) in [4.78, 5) is 0. The maximum Gasteiger partial charge on any atom is 0.186 e. The van der Waals surface area contributed by atoms with Crippen LogP contribution in [0.2, 0.25) is 0 Å². The van der Waals surface area contributed by atoms with Gasteiger partial charge in [-0.2, -0.15) is 0 Å². The molecule has 7 nitrogen and oxygen atoms in total. The summed E-state index contributed by atoms with van der Waals surface area (Å²) in [6.45, 7) is 7.59.